The Morgan fingerprint density at radius 1 is 0.946 bits per heavy atom. The average Bonchev–Trinajstić information content (AvgIpc) is 3.56. The van der Waals surface area contributed by atoms with E-state index in [9.17, 15) is 17.6 Å². The fraction of sp³-hybridized carbons (Fsp3) is 0.0741. The van der Waals surface area contributed by atoms with E-state index in [-0.39, 0.29) is 10.5 Å². The largest absolute Gasteiger partial charge is 0.418 e. The molecule has 0 radical (unpaired) electrons. The summed E-state index contributed by atoms with van der Waals surface area (Å²) in [6.45, 7) is 1.80. The molecule has 186 valence electrons. The summed E-state index contributed by atoms with van der Waals surface area (Å²) in [5.41, 5.74) is 2.52. The molecule has 0 amide bonds. The highest BCUT2D eigenvalue weighted by Gasteiger charge is 2.33. The van der Waals surface area contributed by atoms with Gasteiger partial charge in [-0.1, -0.05) is 24.3 Å². The summed E-state index contributed by atoms with van der Waals surface area (Å²) in [5.74, 6) is -0.396. The van der Waals surface area contributed by atoms with Crippen LogP contribution in [0.5, 0.6) is 0 Å². The molecule has 37 heavy (non-hydrogen) atoms. The first kappa shape index (κ1) is 24.4. The Morgan fingerprint density at radius 3 is 2.35 bits per heavy atom. The molecule has 0 N–H and O–H groups in total. The number of imidazole rings is 1. The summed E-state index contributed by atoms with van der Waals surface area (Å²) < 4.78 is 57.7. The molecule has 2 heterocycles. The number of hydrogen-bond donors (Lipinski definition) is 0. The van der Waals surface area contributed by atoms with Crippen molar-refractivity contribution < 1.29 is 17.6 Å². The van der Waals surface area contributed by atoms with Crippen LogP contribution in [0.2, 0.25) is 0 Å². The molecule has 0 atom stereocenters. The summed E-state index contributed by atoms with van der Waals surface area (Å²) in [6.07, 6.45) is 0.655. The summed E-state index contributed by atoms with van der Waals surface area (Å²) in [6, 6.07) is 18.6. The molecule has 5 nitrogen and oxygen atoms in total. The van der Waals surface area contributed by atoms with Crippen LogP contribution in [0.4, 0.5) is 23.2 Å². The fourth-order valence-corrected chi connectivity index (χ4v) is 4.54. The van der Waals surface area contributed by atoms with Crippen LogP contribution in [0, 0.1) is 5.82 Å². The average molecular weight is 522 g/mol. The molecule has 0 aliphatic heterocycles. The van der Waals surface area contributed by atoms with E-state index in [0.29, 0.717) is 17.0 Å². The zero-order valence-corrected chi connectivity index (χ0v) is 20.2. The molecule has 0 unspecified atom stereocenters. The van der Waals surface area contributed by atoms with Crippen molar-refractivity contribution in [3.05, 3.63) is 119 Å². The molecule has 0 spiro atoms. The van der Waals surface area contributed by atoms with Crippen molar-refractivity contribution in [2.75, 3.05) is 0 Å². The Morgan fingerprint density at radius 2 is 1.68 bits per heavy atom. The first-order chi connectivity index (χ1) is 17.8. The molecule has 3 aromatic carbocycles. The van der Waals surface area contributed by atoms with Crippen molar-refractivity contribution in [2.45, 2.75) is 13.1 Å². The number of halogens is 4. The Balaban J connectivity index is 1.63. The molecule has 10 heteroatoms. The number of benzene rings is 3. The molecule has 5 rings (SSSR count). The van der Waals surface area contributed by atoms with Gasteiger partial charge in [0.2, 0.25) is 4.80 Å². The Bertz CT molecular complexity index is 1610. The normalized spacial score (nSPS) is 12.8. The third-order valence-corrected chi connectivity index (χ3v) is 6.40. The second kappa shape index (κ2) is 9.98. The monoisotopic (exact) mass is 521 g/mol. The van der Waals surface area contributed by atoms with Crippen LogP contribution in [-0.2, 0) is 6.18 Å². The number of para-hydroxylation sites is 1. The van der Waals surface area contributed by atoms with Crippen molar-refractivity contribution in [3.8, 4) is 16.9 Å². The van der Waals surface area contributed by atoms with E-state index >= 15 is 0 Å². The van der Waals surface area contributed by atoms with Crippen LogP contribution in [0.25, 0.3) is 16.9 Å². The van der Waals surface area contributed by atoms with Gasteiger partial charge < -0.3 is 4.57 Å². The minimum absolute atomic E-state index is 0.214. The Labute approximate surface area is 213 Å². The van der Waals surface area contributed by atoms with E-state index < -0.39 is 17.6 Å². The van der Waals surface area contributed by atoms with E-state index in [1.54, 1.807) is 37.0 Å². The minimum Gasteiger partial charge on any atom is -0.306 e. The molecule has 0 saturated carbocycles. The first-order valence-electron chi connectivity index (χ1n) is 11.1. The van der Waals surface area contributed by atoms with Gasteiger partial charge in [-0.3, -0.25) is 0 Å². The smallest absolute Gasteiger partial charge is 0.306 e. The predicted octanol–water partition coefficient (Wildman–Crippen LogP) is 7.06. The summed E-state index contributed by atoms with van der Waals surface area (Å²) in [4.78, 5) is 8.63. The van der Waals surface area contributed by atoms with Crippen molar-refractivity contribution in [3.63, 3.8) is 0 Å². The van der Waals surface area contributed by atoms with Gasteiger partial charge in [-0.25, -0.2) is 19.0 Å². The Hall–Kier alpha value is -4.31. The van der Waals surface area contributed by atoms with E-state index in [4.69, 9.17) is 5.10 Å². The van der Waals surface area contributed by atoms with Crippen molar-refractivity contribution >= 4 is 22.7 Å². The van der Waals surface area contributed by atoms with Crippen LogP contribution < -0.4 is 4.80 Å². The topological polar surface area (TPSA) is 47.5 Å². The highest BCUT2D eigenvalue weighted by atomic mass is 32.1. The Kier molecular flexibility index (Phi) is 6.58. The number of alkyl halides is 3. The highest BCUT2D eigenvalue weighted by Crippen LogP contribution is 2.36. The molecule has 0 saturated heterocycles. The van der Waals surface area contributed by atoms with Gasteiger partial charge in [0.15, 0.2) is 0 Å². The van der Waals surface area contributed by atoms with Crippen LogP contribution >= 0.6 is 11.3 Å². The summed E-state index contributed by atoms with van der Waals surface area (Å²) in [7, 11) is 0. The molecule has 0 aliphatic carbocycles. The van der Waals surface area contributed by atoms with Gasteiger partial charge in [-0.05, 0) is 61.0 Å². The lowest BCUT2D eigenvalue weighted by Crippen LogP contribution is -2.14. The van der Waals surface area contributed by atoms with Gasteiger partial charge in [-0.15, -0.1) is 11.3 Å². The van der Waals surface area contributed by atoms with Crippen molar-refractivity contribution in [1.82, 2.24) is 14.2 Å². The maximum absolute atomic E-state index is 13.6. The quantitative estimate of drug-likeness (QED) is 0.180. The highest BCUT2D eigenvalue weighted by molar-refractivity contribution is 7.07. The second-order valence-electron chi connectivity index (χ2n) is 8.05. The number of nitrogens with zero attached hydrogens (tertiary/aromatic N) is 5. The maximum atomic E-state index is 13.6. The number of aromatic nitrogens is 3. The molecular weight excluding hydrogens is 502 g/mol. The van der Waals surface area contributed by atoms with Gasteiger partial charge in [0.1, 0.15) is 5.82 Å². The first-order valence-corrected chi connectivity index (χ1v) is 12.0. The summed E-state index contributed by atoms with van der Waals surface area (Å²) in [5, 5.41) is 6.46. The van der Waals surface area contributed by atoms with Crippen molar-refractivity contribution in [1.29, 1.82) is 0 Å². The predicted molar refractivity (Wildman–Crippen MR) is 136 cm³/mol. The standard InChI is InChI=1S/C27H19F4N5S/c1-18(19-8-12-22(13-9-19)35-15-14-32-17-35)34-36-25(20-6-10-21(28)11-7-20)16-37-26(36)33-24-5-3-2-4-23(24)27(29,30)31/h2-17H,1H3. The molecule has 0 bridgehead atoms. The number of thiazole rings is 1. The van der Waals surface area contributed by atoms with Gasteiger partial charge >= 0.3 is 6.18 Å². The van der Waals surface area contributed by atoms with Gasteiger partial charge in [-0.2, -0.15) is 18.3 Å². The SMILES string of the molecule is CC(=Nn1c(-c2ccc(F)cc2)csc1=Nc1ccccc1C(F)(F)F)c1ccc(-n2ccnc2)cc1. The molecule has 0 aliphatic rings. The van der Waals surface area contributed by atoms with Gasteiger partial charge in [0.25, 0.3) is 0 Å². The van der Waals surface area contributed by atoms with Gasteiger partial charge in [0, 0.05) is 29.0 Å². The maximum Gasteiger partial charge on any atom is 0.418 e. The van der Waals surface area contributed by atoms with Crippen LogP contribution in [0.15, 0.2) is 107 Å². The fourth-order valence-electron chi connectivity index (χ4n) is 3.70. The van der Waals surface area contributed by atoms with E-state index in [1.807, 2.05) is 35.0 Å². The minimum atomic E-state index is -4.56. The van der Waals surface area contributed by atoms with Crippen LogP contribution in [0.1, 0.15) is 18.1 Å². The molecule has 5 aromatic rings. The lowest BCUT2D eigenvalue weighted by atomic mass is 10.1. The van der Waals surface area contributed by atoms with Crippen LogP contribution in [0.3, 0.4) is 0 Å². The third-order valence-electron chi connectivity index (χ3n) is 5.59. The summed E-state index contributed by atoms with van der Waals surface area (Å²) >= 11 is 1.15. The van der Waals surface area contributed by atoms with E-state index in [0.717, 1.165) is 28.7 Å². The van der Waals surface area contributed by atoms with Crippen molar-refractivity contribution in [2.24, 2.45) is 10.1 Å². The molecule has 0 fully saturated rings. The van der Waals surface area contributed by atoms with Gasteiger partial charge in [0.05, 0.1) is 29.0 Å². The van der Waals surface area contributed by atoms with E-state index in [2.05, 4.69) is 9.98 Å². The second-order valence-corrected chi connectivity index (χ2v) is 8.89. The third kappa shape index (κ3) is 5.29. The zero-order valence-electron chi connectivity index (χ0n) is 19.4. The van der Waals surface area contributed by atoms with Crippen LogP contribution in [-0.4, -0.2) is 19.9 Å². The van der Waals surface area contributed by atoms with E-state index in [1.165, 1.54) is 35.0 Å². The number of hydrogen-bond acceptors (Lipinski definition) is 4. The lowest BCUT2D eigenvalue weighted by Gasteiger charge is -2.10. The zero-order chi connectivity index (χ0) is 26.0. The number of rotatable bonds is 5. The lowest BCUT2D eigenvalue weighted by molar-refractivity contribution is -0.137. The molecule has 2 aromatic heterocycles. The molecular formula is C27H19F4N5S.